The minimum atomic E-state index is 0.240. The molecule has 1 saturated heterocycles. The van der Waals surface area contributed by atoms with Crippen molar-refractivity contribution in [3.63, 3.8) is 0 Å². The van der Waals surface area contributed by atoms with Crippen molar-refractivity contribution in [2.45, 2.75) is 31.8 Å². The Kier molecular flexibility index (Phi) is 3.64. The van der Waals surface area contributed by atoms with Crippen LogP contribution in [0.1, 0.15) is 30.9 Å². The normalized spacial score (nSPS) is 18.9. The maximum Gasteiger partial charge on any atom is 0.224 e. The second-order valence-electron chi connectivity index (χ2n) is 4.82. The molecule has 2 aromatic heterocycles. The monoisotopic (exact) mass is 275 g/mol. The molecule has 1 amide bonds. The number of carbonyl (C=O) groups excluding carboxylic acids is 1. The van der Waals surface area contributed by atoms with Crippen LogP contribution >= 0.6 is 11.3 Å². The van der Waals surface area contributed by atoms with Crippen LogP contribution in [0, 0.1) is 0 Å². The van der Waals surface area contributed by atoms with E-state index in [0.717, 1.165) is 19.4 Å². The number of nitrogens with zero attached hydrogens (tertiary/aromatic N) is 3. The van der Waals surface area contributed by atoms with E-state index in [2.05, 4.69) is 21.9 Å². The molecule has 0 radical (unpaired) electrons. The summed E-state index contributed by atoms with van der Waals surface area (Å²) < 4.78 is 1.81. The van der Waals surface area contributed by atoms with Gasteiger partial charge in [-0.1, -0.05) is 0 Å². The molecule has 0 saturated carbocycles. The van der Waals surface area contributed by atoms with Crippen LogP contribution in [0.3, 0.4) is 0 Å². The van der Waals surface area contributed by atoms with Crippen LogP contribution in [0.2, 0.25) is 0 Å². The molecule has 1 atom stereocenters. The first-order chi connectivity index (χ1) is 9.34. The van der Waals surface area contributed by atoms with Gasteiger partial charge in [-0.2, -0.15) is 16.4 Å². The molecule has 4 nitrogen and oxygen atoms in total. The maximum absolute atomic E-state index is 12.3. The minimum Gasteiger partial charge on any atom is -0.336 e. The van der Waals surface area contributed by atoms with Gasteiger partial charge in [0.25, 0.3) is 0 Å². The summed E-state index contributed by atoms with van der Waals surface area (Å²) >= 11 is 1.70. The second kappa shape index (κ2) is 5.57. The molecule has 5 heteroatoms. The van der Waals surface area contributed by atoms with E-state index in [1.165, 1.54) is 5.56 Å². The van der Waals surface area contributed by atoms with Gasteiger partial charge in [0.05, 0.1) is 6.04 Å². The quantitative estimate of drug-likeness (QED) is 0.860. The number of carbonyl (C=O) groups is 1. The summed E-state index contributed by atoms with van der Waals surface area (Å²) in [5.74, 6) is 0.240. The smallest absolute Gasteiger partial charge is 0.224 e. The number of aromatic nitrogens is 2. The molecule has 1 unspecified atom stereocenters. The zero-order chi connectivity index (χ0) is 13.1. The predicted molar refractivity (Wildman–Crippen MR) is 74.9 cm³/mol. The van der Waals surface area contributed by atoms with Gasteiger partial charge < -0.3 is 4.90 Å². The van der Waals surface area contributed by atoms with E-state index >= 15 is 0 Å². The molecule has 1 aliphatic rings. The van der Waals surface area contributed by atoms with E-state index in [9.17, 15) is 4.79 Å². The summed E-state index contributed by atoms with van der Waals surface area (Å²) in [5, 5.41) is 8.37. The largest absolute Gasteiger partial charge is 0.336 e. The number of hydrogen-bond acceptors (Lipinski definition) is 3. The van der Waals surface area contributed by atoms with E-state index in [0.29, 0.717) is 13.0 Å². The van der Waals surface area contributed by atoms with Gasteiger partial charge in [0, 0.05) is 31.9 Å². The second-order valence-corrected chi connectivity index (χ2v) is 5.60. The van der Waals surface area contributed by atoms with Crippen LogP contribution in [0.15, 0.2) is 35.3 Å². The van der Waals surface area contributed by atoms with Crippen molar-refractivity contribution in [3.05, 3.63) is 40.8 Å². The average Bonchev–Trinajstić information content (AvgIpc) is 3.14. The van der Waals surface area contributed by atoms with E-state index in [-0.39, 0.29) is 11.9 Å². The first-order valence-electron chi connectivity index (χ1n) is 6.63. The Hall–Kier alpha value is -1.62. The summed E-state index contributed by atoms with van der Waals surface area (Å²) in [5.41, 5.74) is 1.29. The van der Waals surface area contributed by atoms with Crippen molar-refractivity contribution in [2.75, 3.05) is 6.54 Å². The zero-order valence-corrected chi connectivity index (χ0v) is 11.6. The Morgan fingerprint density at radius 2 is 2.47 bits per heavy atom. The molecule has 19 heavy (non-hydrogen) atoms. The van der Waals surface area contributed by atoms with Gasteiger partial charge in [0.15, 0.2) is 0 Å². The van der Waals surface area contributed by atoms with Gasteiger partial charge >= 0.3 is 0 Å². The van der Waals surface area contributed by atoms with Gasteiger partial charge in [-0.05, 0) is 41.3 Å². The van der Waals surface area contributed by atoms with Crippen molar-refractivity contribution in [2.24, 2.45) is 0 Å². The molecule has 0 aromatic carbocycles. The fourth-order valence-corrected chi connectivity index (χ4v) is 3.37. The standard InChI is InChI=1S/C14H17N3OS/c18-14(4-9-16-7-2-6-15-16)17-8-1-3-13(17)12-5-10-19-11-12/h2,5-7,10-11,13H,1,3-4,8-9H2. The molecule has 3 rings (SSSR count). The van der Waals surface area contributed by atoms with Gasteiger partial charge in [-0.15, -0.1) is 0 Å². The van der Waals surface area contributed by atoms with Gasteiger partial charge in [-0.25, -0.2) is 0 Å². The molecule has 0 N–H and O–H groups in total. The molecule has 3 heterocycles. The first-order valence-corrected chi connectivity index (χ1v) is 7.58. The Morgan fingerprint density at radius 3 is 3.21 bits per heavy atom. The molecule has 0 aliphatic carbocycles. The fraction of sp³-hybridized carbons (Fsp3) is 0.429. The molecule has 0 spiro atoms. The van der Waals surface area contributed by atoms with Gasteiger partial charge in [0.1, 0.15) is 0 Å². The lowest BCUT2D eigenvalue weighted by Crippen LogP contribution is -2.31. The van der Waals surface area contributed by atoms with Crippen LogP contribution in [-0.4, -0.2) is 27.1 Å². The summed E-state index contributed by atoms with van der Waals surface area (Å²) in [6.45, 7) is 1.55. The highest BCUT2D eigenvalue weighted by atomic mass is 32.1. The highest BCUT2D eigenvalue weighted by Gasteiger charge is 2.29. The number of hydrogen-bond donors (Lipinski definition) is 0. The number of amides is 1. The number of thiophene rings is 1. The molecule has 100 valence electrons. The Balaban J connectivity index is 1.62. The lowest BCUT2D eigenvalue weighted by Gasteiger charge is -2.24. The van der Waals surface area contributed by atoms with Gasteiger partial charge in [0.2, 0.25) is 5.91 Å². The zero-order valence-electron chi connectivity index (χ0n) is 10.7. The SMILES string of the molecule is O=C(CCn1cccn1)N1CCCC1c1ccsc1. The molecule has 1 aliphatic heterocycles. The molecule has 2 aromatic rings. The maximum atomic E-state index is 12.3. The lowest BCUT2D eigenvalue weighted by atomic mass is 10.1. The summed E-state index contributed by atoms with van der Waals surface area (Å²) in [6, 6.07) is 4.31. The third-order valence-corrected chi connectivity index (χ3v) is 4.32. The highest BCUT2D eigenvalue weighted by molar-refractivity contribution is 7.07. The Bertz CT molecular complexity index is 521. The van der Waals surface area contributed by atoms with Crippen molar-refractivity contribution in [1.29, 1.82) is 0 Å². The van der Waals surface area contributed by atoms with Crippen molar-refractivity contribution in [1.82, 2.24) is 14.7 Å². The van der Waals surface area contributed by atoms with Crippen molar-refractivity contribution >= 4 is 17.2 Å². The number of rotatable bonds is 4. The predicted octanol–water partition coefficient (Wildman–Crippen LogP) is 2.70. The van der Waals surface area contributed by atoms with Crippen LogP contribution in [0.5, 0.6) is 0 Å². The van der Waals surface area contributed by atoms with E-state index in [1.54, 1.807) is 17.5 Å². The van der Waals surface area contributed by atoms with Crippen LogP contribution in [-0.2, 0) is 11.3 Å². The lowest BCUT2D eigenvalue weighted by molar-refractivity contribution is -0.132. The average molecular weight is 275 g/mol. The molecule has 1 fully saturated rings. The summed E-state index contributed by atoms with van der Waals surface area (Å²) in [4.78, 5) is 14.4. The van der Waals surface area contributed by atoms with Gasteiger partial charge in [-0.3, -0.25) is 9.48 Å². The number of likely N-dealkylation sites (tertiary alicyclic amines) is 1. The molecular formula is C14H17N3OS. The number of aryl methyl sites for hydroxylation is 1. The highest BCUT2D eigenvalue weighted by Crippen LogP contribution is 2.33. The minimum absolute atomic E-state index is 0.240. The topological polar surface area (TPSA) is 38.1 Å². The van der Waals surface area contributed by atoms with E-state index in [4.69, 9.17) is 0 Å². The van der Waals surface area contributed by atoms with E-state index in [1.807, 2.05) is 21.8 Å². The van der Waals surface area contributed by atoms with Crippen LogP contribution < -0.4 is 0 Å². The van der Waals surface area contributed by atoms with E-state index < -0.39 is 0 Å². The van der Waals surface area contributed by atoms with Crippen LogP contribution in [0.4, 0.5) is 0 Å². The summed E-state index contributed by atoms with van der Waals surface area (Å²) in [7, 11) is 0. The first kappa shape index (κ1) is 12.4. The summed E-state index contributed by atoms with van der Waals surface area (Å²) in [6.07, 6.45) is 6.36. The molecular weight excluding hydrogens is 258 g/mol. The Labute approximate surface area is 116 Å². The fourth-order valence-electron chi connectivity index (χ4n) is 2.66. The third-order valence-electron chi connectivity index (χ3n) is 3.62. The van der Waals surface area contributed by atoms with Crippen molar-refractivity contribution < 1.29 is 4.79 Å². The van der Waals surface area contributed by atoms with Crippen molar-refractivity contribution in [3.8, 4) is 0 Å². The third kappa shape index (κ3) is 2.71. The van der Waals surface area contributed by atoms with Crippen LogP contribution in [0.25, 0.3) is 0 Å². The Morgan fingerprint density at radius 1 is 1.53 bits per heavy atom. The molecule has 0 bridgehead atoms.